The van der Waals surface area contributed by atoms with Crippen LogP contribution in [0.2, 0.25) is 0 Å². The number of H-pyrrole nitrogens is 1. The molecule has 0 aliphatic carbocycles. The van der Waals surface area contributed by atoms with E-state index in [0.717, 1.165) is 25.0 Å². The summed E-state index contributed by atoms with van der Waals surface area (Å²) in [4.78, 5) is 29.1. The maximum atomic E-state index is 12.7. The van der Waals surface area contributed by atoms with Gasteiger partial charge in [-0.3, -0.25) is 9.59 Å². The van der Waals surface area contributed by atoms with Gasteiger partial charge < -0.3 is 15.0 Å². The topological polar surface area (TPSA) is 73.4 Å². The first-order valence-corrected chi connectivity index (χ1v) is 8.09. The molecule has 1 aromatic heterocycles. The molecule has 2 heterocycles. The second kappa shape index (κ2) is 7.09. The molecule has 5 heteroatoms. The molecule has 22 heavy (non-hydrogen) atoms. The number of carbonyl (C=O) groups is 1. The zero-order valence-corrected chi connectivity index (χ0v) is 13.6. The van der Waals surface area contributed by atoms with Crippen LogP contribution in [0.1, 0.15) is 56.1 Å². The molecule has 2 N–H and O–H groups in total. The smallest absolute Gasteiger partial charge is 0.254 e. The van der Waals surface area contributed by atoms with Crippen molar-refractivity contribution in [3.05, 3.63) is 33.7 Å². The number of nitrogens with one attached hydrogen (secondary N) is 1. The van der Waals surface area contributed by atoms with Crippen LogP contribution in [0.3, 0.4) is 0 Å². The predicted molar refractivity (Wildman–Crippen MR) is 86.0 cm³/mol. The summed E-state index contributed by atoms with van der Waals surface area (Å²) in [6.07, 6.45) is 2.78. The Balaban J connectivity index is 2.21. The summed E-state index contributed by atoms with van der Waals surface area (Å²) in [6.45, 7) is 6.59. The van der Waals surface area contributed by atoms with Crippen molar-refractivity contribution in [3.63, 3.8) is 0 Å². The fourth-order valence-corrected chi connectivity index (χ4v) is 3.18. The average Bonchev–Trinajstić information content (AvgIpc) is 2.83. The van der Waals surface area contributed by atoms with Gasteiger partial charge in [-0.1, -0.05) is 13.8 Å². The quantitative estimate of drug-likeness (QED) is 0.873. The summed E-state index contributed by atoms with van der Waals surface area (Å²) >= 11 is 0. The van der Waals surface area contributed by atoms with E-state index in [4.69, 9.17) is 0 Å². The molecular weight excluding hydrogens is 280 g/mol. The number of amides is 1. The summed E-state index contributed by atoms with van der Waals surface area (Å²) in [7, 11) is 0. The molecule has 1 fully saturated rings. The molecule has 1 aromatic rings. The monoisotopic (exact) mass is 306 g/mol. The van der Waals surface area contributed by atoms with Crippen LogP contribution in [0.4, 0.5) is 0 Å². The largest absolute Gasteiger partial charge is 0.393 e. The third-order valence-corrected chi connectivity index (χ3v) is 4.03. The maximum absolute atomic E-state index is 12.7. The predicted octanol–water partition coefficient (Wildman–Crippen LogP) is 1.95. The molecule has 122 valence electrons. The summed E-state index contributed by atoms with van der Waals surface area (Å²) < 4.78 is 0. The SMILES string of the molecule is CC(C)Cc1cc(C(=O)N2CCCC2CC(C)O)cc(=O)[nH]1. The molecule has 2 unspecified atom stereocenters. The lowest BCUT2D eigenvalue weighted by molar-refractivity contribution is 0.0681. The van der Waals surface area contributed by atoms with Crippen molar-refractivity contribution in [2.45, 2.75) is 58.6 Å². The van der Waals surface area contributed by atoms with E-state index >= 15 is 0 Å². The molecule has 1 saturated heterocycles. The van der Waals surface area contributed by atoms with E-state index in [2.05, 4.69) is 18.8 Å². The van der Waals surface area contributed by atoms with E-state index in [1.807, 2.05) is 0 Å². The van der Waals surface area contributed by atoms with E-state index < -0.39 is 6.10 Å². The van der Waals surface area contributed by atoms with Crippen molar-refractivity contribution in [1.29, 1.82) is 0 Å². The average molecular weight is 306 g/mol. The molecule has 0 bridgehead atoms. The summed E-state index contributed by atoms with van der Waals surface area (Å²) in [5.41, 5.74) is 1.03. The Morgan fingerprint density at radius 2 is 2.14 bits per heavy atom. The molecule has 0 saturated carbocycles. The number of pyridine rings is 1. The van der Waals surface area contributed by atoms with Gasteiger partial charge in [0.05, 0.1) is 6.10 Å². The first-order valence-electron chi connectivity index (χ1n) is 8.09. The van der Waals surface area contributed by atoms with Crippen molar-refractivity contribution < 1.29 is 9.90 Å². The van der Waals surface area contributed by atoms with Crippen molar-refractivity contribution in [3.8, 4) is 0 Å². The van der Waals surface area contributed by atoms with Gasteiger partial charge in [-0.25, -0.2) is 0 Å². The van der Waals surface area contributed by atoms with Gasteiger partial charge in [-0.05, 0) is 44.6 Å². The van der Waals surface area contributed by atoms with E-state index in [1.54, 1.807) is 17.9 Å². The molecule has 2 rings (SSSR count). The first kappa shape index (κ1) is 16.7. The maximum Gasteiger partial charge on any atom is 0.254 e. The van der Waals surface area contributed by atoms with Crippen molar-refractivity contribution in [1.82, 2.24) is 9.88 Å². The van der Waals surface area contributed by atoms with Crippen molar-refractivity contribution >= 4 is 5.91 Å². The molecule has 0 radical (unpaired) electrons. The first-order chi connectivity index (χ1) is 10.4. The Labute approximate surface area is 131 Å². The van der Waals surface area contributed by atoms with Crippen LogP contribution in [0, 0.1) is 5.92 Å². The number of hydrogen-bond donors (Lipinski definition) is 2. The number of nitrogens with zero attached hydrogens (tertiary/aromatic N) is 1. The molecule has 1 amide bonds. The number of carbonyl (C=O) groups excluding carboxylic acids is 1. The zero-order valence-electron chi connectivity index (χ0n) is 13.6. The Bertz CT molecular complexity index is 578. The minimum absolute atomic E-state index is 0.0698. The fourth-order valence-electron chi connectivity index (χ4n) is 3.18. The van der Waals surface area contributed by atoms with Gasteiger partial charge >= 0.3 is 0 Å². The van der Waals surface area contributed by atoms with Gasteiger partial charge in [0.1, 0.15) is 0 Å². The lowest BCUT2D eigenvalue weighted by atomic mass is 10.0. The lowest BCUT2D eigenvalue weighted by Crippen LogP contribution is -2.37. The van der Waals surface area contributed by atoms with E-state index in [0.29, 0.717) is 24.4 Å². The van der Waals surface area contributed by atoms with Crippen molar-refractivity contribution in [2.75, 3.05) is 6.54 Å². The van der Waals surface area contributed by atoms with Gasteiger partial charge in [0.15, 0.2) is 0 Å². The van der Waals surface area contributed by atoms with Gasteiger partial charge in [0.25, 0.3) is 5.91 Å². The lowest BCUT2D eigenvalue weighted by Gasteiger charge is -2.26. The Hall–Kier alpha value is -1.62. The van der Waals surface area contributed by atoms with Crippen LogP contribution in [-0.4, -0.2) is 39.6 Å². The molecule has 5 nitrogen and oxygen atoms in total. The second-order valence-electron chi connectivity index (χ2n) is 6.74. The Morgan fingerprint density at radius 3 is 2.77 bits per heavy atom. The zero-order chi connectivity index (χ0) is 16.3. The molecule has 1 aliphatic rings. The highest BCUT2D eigenvalue weighted by atomic mass is 16.3. The van der Waals surface area contributed by atoms with Crippen LogP contribution in [0.15, 0.2) is 16.9 Å². The van der Waals surface area contributed by atoms with E-state index in [9.17, 15) is 14.7 Å². The molecule has 1 aliphatic heterocycles. The molecular formula is C17H26N2O3. The van der Waals surface area contributed by atoms with Gasteiger partial charge in [-0.2, -0.15) is 0 Å². The number of aliphatic hydroxyl groups is 1. The van der Waals surface area contributed by atoms with Crippen LogP contribution in [0.25, 0.3) is 0 Å². The Morgan fingerprint density at radius 1 is 1.41 bits per heavy atom. The fraction of sp³-hybridized carbons (Fsp3) is 0.647. The second-order valence-corrected chi connectivity index (χ2v) is 6.74. The number of aromatic nitrogens is 1. The van der Waals surface area contributed by atoms with Crippen LogP contribution in [0.5, 0.6) is 0 Å². The van der Waals surface area contributed by atoms with E-state index in [1.165, 1.54) is 6.07 Å². The molecule has 0 spiro atoms. The summed E-state index contributed by atoms with van der Waals surface area (Å²) in [5, 5.41) is 9.58. The standard InChI is InChI=1S/C17H26N2O3/c1-11(2)7-14-9-13(10-16(21)18-14)17(22)19-6-4-5-15(19)8-12(3)20/h9-12,15,20H,4-8H2,1-3H3,(H,18,21). The highest BCUT2D eigenvalue weighted by Gasteiger charge is 2.30. The van der Waals surface area contributed by atoms with Crippen LogP contribution in [-0.2, 0) is 6.42 Å². The summed E-state index contributed by atoms with van der Waals surface area (Å²) in [6, 6.07) is 3.24. The number of rotatable bonds is 5. The highest BCUT2D eigenvalue weighted by molar-refractivity contribution is 5.94. The highest BCUT2D eigenvalue weighted by Crippen LogP contribution is 2.23. The Kier molecular flexibility index (Phi) is 5.40. The van der Waals surface area contributed by atoms with Crippen molar-refractivity contribution in [2.24, 2.45) is 5.92 Å². The minimum atomic E-state index is -0.422. The third-order valence-electron chi connectivity index (χ3n) is 4.03. The third kappa shape index (κ3) is 4.19. The number of likely N-dealkylation sites (tertiary alicyclic amines) is 1. The van der Waals surface area contributed by atoms with Gasteiger partial charge in [0, 0.05) is 29.9 Å². The number of aromatic amines is 1. The van der Waals surface area contributed by atoms with Crippen LogP contribution >= 0.6 is 0 Å². The van der Waals surface area contributed by atoms with Gasteiger partial charge in [0.2, 0.25) is 5.56 Å². The molecule has 2 atom stereocenters. The van der Waals surface area contributed by atoms with Crippen LogP contribution < -0.4 is 5.56 Å². The summed E-state index contributed by atoms with van der Waals surface area (Å²) in [5.74, 6) is 0.315. The van der Waals surface area contributed by atoms with E-state index in [-0.39, 0.29) is 17.5 Å². The molecule has 0 aromatic carbocycles. The normalized spacial score (nSPS) is 19.7. The minimum Gasteiger partial charge on any atom is -0.393 e. The number of aliphatic hydroxyl groups excluding tert-OH is 1. The van der Waals surface area contributed by atoms with Gasteiger partial charge in [-0.15, -0.1) is 0 Å². The number of hydrogen-bond acceptors (Lipinski definition) is 3.